The number of rotatable bonds is 4. The Morgan fingerprint density at radius 2 is 2.44 bits per heavy atom. The molecule has 0 saturated heterocycles. The Bertz CT molecular complexity index is 481. The van der Waals surface area contributed by atoms with Gasteiger partial charge in [0.25, 0.3) is 0 Å². The van der Waals surface area contributed by atoms with E-state index in [1.165, 1.54) is 0 Å². The molecular formula is C10H10N4S2. The van der Waals surface area contributed by atoms with Crippen LogP contribution < -0.4 is 11.1 Å². The number of anilines is 1. The Kier molecular flexibility index (Phi) is 3.43. The molecule has 82 valence electrons. The number of nitrogens with one attached hydrogen (secondary N) is 1. The highest BCUT2D eigenvalue weighted by atomic mass is 32.1. The summed E-state index contributed by atoms with van der Waals surface area (Å²) < 4.78 is 0. The maximum absolute atomic E-state index is 5.61. The number of pyridine rings is 1. The molecule has 2 aromatic rings. The van der Waals surface area contributed by atoms with Gasteiger partial charge in [-0.05, 0) is 6.07 Å². The van der Waals surface area contributed by atoms with Gasteiger partial charge in [-0.3, -0.25) is 4.98 Å². The van der Waals surface area contributed by atoms with Crippen molar-refractivity contribution in [3.8, 4) is 0 Å². The van der Waals surface area contributed by atoms with E-state index in [9.17, 15) is 0 Å². The third-order valence-electron chi connectivity index (χ3n) is 2.03. The number of thiazole rings is 1. The van der Waals surface area contributed by atoms with Crippen LogP contribution in [0.2, 0.25) is 0 Å². The monoisotopic (exact) mass is 250 g/mol. The SMILES string of the molecule is NC(=S)c1ccncc1NCc1cscn1. The van der Waals surface area contributed by atoms with Crippen LogP contribution in [0.4, 0.5) is 5.69 Å². The van der Waals surface area contributed by atoms with E-state index in [-0.39, 0.29) is 0 Å². The number of thiocarbonyl (C=S) groups is 1. The van der Waals surface area contributed by atoms with Crippen LogP contribution in [-0.2, 0) is 6.54 Å². The van der Waals surface area contributed by atoms with Crippen molar-refractivity contribution < 1.29 is 0 Å². The molecule has 2 heterocycles. The number of nitrogens with zero attached hydrogens (tertiary/aromatic N) is 2. The Labute approximate surface area is 103 Å². The van der Waals surface area contributed by atoms with Gasteiger partial charge in [-0.2, -0.15) is 0 Å². The molecule has 6 heteroatoms. The number of hydrogen-bond acceptors (Lipinski definition) is 5. The lowest BCUT2D eigenvalue weighted by Crippen LogP contribution is -2.13. The molecule has 0 saturated carbocycles. The molecule has 0 aliphatic carbocycles. The van der Waals surface area contributed by atoms with Crippen molar-refractivity contribution >= 4 is 34.2 Å². The largest absolute Gasteiger partial charge is 0.389 e. The number of hydrogen-bond donors (Lipinski definition) is 2. The molecule has 0 atom stereocenters. The normalized spacial score (nSPS) is 10.0. The van der Waals surface area contributed by atoms with Gasteiger partial charge in [-0.25, -0.2) is 4.98 Å². The molecule has 16 heavy (non-hydrogen) atoms. The molecule has 3 N–H and O–H groups in total. The smallest absolute Gasteiger partial charge is 0.106 e. The standard InChI is InChI=1S/C10H10N4S2/c11-10(15)8-1-2-12-4-9(8)13-3-7-5-16-6-14-7/h1-2,4-6,13H,3H2,(H2,11,15). The van der Waals surface area contributed by atoms with E-state index in [2.05, 4.69) is 15.3 Å². The van der Waals surface area contributed by atoms with Gasteiger partial charge in [-0.1, -0.05) is 12.2 Å². The number of nitrogens with two attached hydrogens (primary N) is 1. The maximum atomic E-state index is 5.61. The summed E-state index contributed by atoms with van der Waals surface area (Å²) in [5, 5.41) is 5.20. The summed E-state index contributed by atoms with van der Waals surface area (Å²) in [6.45, 7) is 0.644. The Hall–Kier alpha value is -1.53. The van der Waals surface area contributed by atoms with E-state index in [0.717, 1.165) is 16.9 Å². The molecule has 2 aromatic heterocycles. The predicted molar refractivity (Wildman–Crippen MR) is 69.6 cm³/mol. The zero-order valence-corrected chi connectivity index (χ0v) is 10.0. The minimum atomic E-state index is 0.364. The second-order valence-corrected chi connectivity index (χ2v) is 4.28. The molecule has 0 aliphatic heterocycles. The van der Waals surface area contributed by atoms with Crippen LogP contribution in [0.5, 0.6) is 0 Å². The fraction of sp³-hybridized carbons (Fsp3) is 0.100. The Morgan fingerprint density at radius 3 is 3.12 bits per heavy atom. The van der Waals surface area contributed by atoms with Crippen molar-refractivity contribution in [1.82, 2.24) is 9.97 Å². The molecule has 0 aromatic carbocycles. The van der Waals surface area contributed by atoms with Crippen LogP contribution in [0.25, 0.3) is 0 Å². The van der Waals surface area contributed by atoms with E-state index < -0.39 is 0 Å². The third-order valence-corrected chi connectivity index (χ3v) is 2.89. The Morgan fingerprint density at radius 1 is 1.56 bits per heavy atom. The summed E-state index contributed by atoms with van der Waals surface area (Å²) in [7, 11) is 0. The molecule has 0 fully saturated rings. The highest BCUT2D eigenvalue weighted by Crippen LogP contribution is 2.14. The van der Waals surface area contributed by atoms with E-state index in [0.29, 0.717) is 11.5 Å². The lowest BCUT2D eigenvalue weighted by Gasteiger charge is -2.08. The molecule has 4 nitrogen and oxygen atoms in total. The van der Waals surface area contributed by atoms with E-state index in [1.807, 2.05) is 5.38 Å². The summed E-state index contributed by atoms with van der Waals surface area (Å²) in [5.74, 6) is 0. The van der Waals surface area contributed by atoms with Crippen molar-refractivity contribution in [2.45, 2.75) is 6.54 Å². The van der Waals surface area contributed by atoms with Crippen LogP contribution >= 0.6 is 23.6 Å². The van der Waals surface area contributed by atoms with Gasteiger partial charge in [0.05, 0.1) is 29.6 Å². The van der Waals surface area contributed by atoms with Crippen molar-refractivity contribution in [1.29, 1.82) is 0 Å². The Balaban J connectivity index is 2.12. The first-order valence-corrected chi connectivity index (χ1v) is 5.97. The number of aromatic nitrogens is 2. The predicted octanol–water partition coefficient (Wildman–Crippen LogP) is 1.78. The summed E-state index contributed by atoms with van der Waals surface area (Å²) in [6.07, 6.45) is 3.38. The zero-order valence-electron chi connectivity index (χ0n) is 8.38. The van der Waals surface area contributed by atoms with Crippen molar-refractivity contribution in [3.05, 3.63) is 40.6 Å². The minimum Gasteiger partial charge on any atom is -0.389 e. The third kappa shape index (κ3) is 2.53. The van der Waals surface area contributed by atoms with Gasteiger partial charge >= 0.3 is 0 Å². The molecular weight excluding hydrogens is 240 g/mol. The molecule has 0 aliphatic rings. The molecule has 0 unspecified atom stereocenters. The molecule has 0 radical (unpaired) electrons. The molecule has 0 bridgehead atoms. The van der Waals surface area contributed by atoms with Crippen molar-refractivity contribution in [2.75, 3.05) is 5.32 Å². The highest BCUT2D eigenvalue weighted by Gasteiger charge is 2.04. The van der Waals surface area contributed by atoms with Gasteiger partial charge in [0, 0.05) is 17.1 Å². The average molecular weight is 250 g/mol. The fourth-order valence-corrected chi connectivity index (χ4v) is 2.00. The summed E-state index contributed by atoms with van der Waals surface area (Å²) in [4.78, 5) is 8.57. The second-order valence-electron chi connectivity index (χ2n) is 3.12. The first-order valence-electron chi connectivity index (χ1n) is 4.62. The first-order chi connectivity index (χ1) is 7.77. The first kappa shape index (κ1) is 11.0. The summed E-state index contributed by atoms with van der Waals surface area (Å²) in [5.41, 5.74) is 10.0. The van der Waals surface area contributed by atoms with Crippen LogP contribution in [0, 0.1) is 0 Å². The van der Waals surface area contributed by atoms with E-state index >= 15 is 0 Å². The van der Waals surface area contributed by atoms with Gasteiger partial charge < -0.3 is 11.1 Å². The lowest BCUT2D eigenvalue weighted by atomic mass is 10.2. The molecule has 2 rings (SSSR count). The average Bonchev–Trinajstić information content (AvgIpc) is 2.79. The second kappa shape index (κ2) is 5.00. The van der Waals surface area contributed by atoms with Crippen molar-refractivity contribution in [3.63, 3.8) is 0 Å². The topological polar surface area (TPSA) is 63.8 Å². The fourth-order valence-electron chi connectivity index (χ4n) is 1.26. The summed E-state index contributed by atoms with van der Waals surface area (Å²) >= 11 is 6.53. The van der Waals surface area contributed by atoms with Crippen LogP contribution in [-0.4, -0.2) is 15.0 Å². The van der Waals surface area contributed by atoms with Crippen LogP contribution in [0.3, 0.4) is 0 Å². The van der Waals surface area contributed by atoms with E-state index in [1.54, 1.807) is 35.3 Å². The lowest BCUT2D eigenvalue weighted by molar-refractivity contribution is 1.07. The highest BCUT2D eigenvalue weighted by molar-refractivity contribution is 7.80. The molecule has 0 amide bonds. The van der Waals surface area contributed by atoms with Crippen LogP contribution in [0.15, 0.2) is 29.4 Å². The quantitative estimate of drug-likeness (QED) is 0.810. The van der Waals surface area contributed by atoms with Crippen LogP contribution in [0.1, 0.15) is 11.3 Å². The van der Waals surface area contributed by atoms with Crippen molar-refractivity contribution in [2.24, 2.45) is 5.73 Å². The van der Waals surface area contributed by atoms with Gasteiger partial charge in [0.2, 0.25) is 0 Å². The maximum Gasteiger partial charge on any atom is 0.106 e. The van der Waals surface area contributed by atoms with Gasteiger partial charge in [0.1, 0.15) is 4.99 Å². The molecule has 0 spiro atoms. The zero-order chi connectivity index (χ0) is 11.4. The van der Waals surface area contributed by atoms with E-state index in [4.69, 9.17) is 18.0 Å². The summed E-state index contributed by atoms with van der Waals surface area (Å²) in [6, 6.07) is 1.80. The minimum absolute atomic E-state index is 0.364. The van der Waals surface area contributed by atoms with Gasteiger partial charge in [0.15, 0.2) is 0 Å². The van der Waals surface area contributed by atoms with Gasteiger partial charge in [-0.15, -0.1) is 11.3 Å².